The van der Waals surface area contributed by atoms with Crippen LogP contribution >= 0.6 is 0 Å². The molecule has 0 heterocycles. The molecule has 4 aliphatic carbocycles. The first-order valence-electron chi connectivity index (χ1n) is 11.5. The fraction of sp³-hybridized carbons (Fsp3) is 1.00. The van der Waals surface area contributed by atoms with Gasteiger partial charge in [0.15, 0.2) is 0 Å². The summed E-state index contributed by atoms with van der Waals surface area (Å²) in [5.41, 5.74) is -0.224. The summed E-state index contributed by atoms with van der Waals surface area (Å²) in [6, 6.07) is 0.155. The van der Waals surface area contributed by atoms with Crippen LogP contribution in [0.15, 0.2) is 0 Å². The zero-order valence-corrected chi connectivity index (χ0v) is 18.1. The molecular weight excluding hydrogens is 358 g/mol. The van der Waals surface area contributed by atoms with Crippen molar-refractivity contribution in [3.8, 4) is 0 Å². The molecule has 3 unspecified atom stereocenters. The molecule has 156 valence electrons. The summed E-state index contributed by atoms with van der Waals surface area (Å²) in [5, 5.41) is 10.8. The Bertz CT molecular complexity index is 634. The Kier molecular flexibility index (Phi) is 5.44. The van der Waals surface area contributed by atoms with E-state index in [2.05, 4.69) is 13.8 Å². The summed E-state index contributed by atoms with van der Waals surface area (Å²) in [6.07, 6.45) is 13.1. The molecule has 4 aliphatic rings. The molecule has 4 saturated carbocycles. The topological polar surface area (TPSA) is 57.6 Å². The molecule has 0 aromatic carbocycles. The molecule has 0 aromatic rings. The molecule has 2 bridgehead atoms. The molecule has 4 fully saturated rings. The van der Waals surface area contributed by atoms with Crippen molar-refractivity contribution in [2.24, 2.45) is 16.7 Å². The molecule has 0 amide bonds. The van der Waals surface area contributed by atoms with Crippen LogP contribution in [-0.4, -0.2) is 41.8 Å². The van der Waals surface area contributed by atoms with Crippen LogP contribution in [0.2, 0.25) is 0 Å². The third-order valence-electron chi connectivity index (χ3n) is 9.11. The maximum absolute atomic E-state index is 13.8. The molecule has 3 atom stereocenters. The van der Waals surface area contributed by atoms with Crippen LogP contribution in [0.3, 0.4) is 0 Å². The van der Waals surface area contributed by atoms with Crippen molar-refractivity contribution >= 4 is 10.0 Å². The highest BCUT2D eigenvalue weighted by Gasteiger charge is 2.65. The van der Waals surface area contributed by atoms with E-state index in [4.69, 9.17) is 0 Å². The predicted molar refractivity (Wildman–Crippen MR) is 109 cm³/mol. The van der Waals surface area contributed by atoms with Crippen molar-refractivity contribution < 1.29 is 13.5 Å². The maximum atomic E-state index is 13.8. The number of aliphatic hydroxyl groups is 1. The Labute approximate surface area is 166 Å². The molecule has 0 radical (unpaired) electrons. The highest BCUT2D eigenvalue weighted by molar-refractivity contribution is 7.89. The Morgan fingerprint density at radius 2 is 1.52 bits per heavy atom. The van der Waals surface area contributed by atoms with Gasteiger partial charge >= 0.3 is 0 Å². The zero-order chi connectivity index (χ0) is 19.3. The third-order valence-corrected chi connectivity index (χ3v) is 11.5. The lowest BCUT2D eigenvalue weighted by atomic mass is 9.68. The fourth-order valence-electron chi connectivity index (χ4n) is 7.04. The number of nitrogens with zero attached hydrogens (tertiary/aromatic N) is 1. The molecule has 5 heteroatoms. The quantitative estimate of drug-likeness (QED) is 0.744. The third kappa shape index (κ3) is 3.20. The Morgan fingerprint density at radius 1 is 0.926 bits per heavy atom. The number of aliphatic hydroxyl groups excluding tert-OH is 1. The van der Waals surface area contributed by atoms with Gasteiger partial charge in [-0.05, 0) is 56.3 Å². The van der Waals surface area contributed by atoms with E-state index in [1.807, 2.05) is 4.31 Å². The first-order valence-corrected chi connectivity index (χ1v) is 13.0. The van der Waals surface area contributed by atoms with E-state index in [9.17, 15) is 13.5 Å². The molecule has 0 saturated heterocycles. The van der Waals surface area contributed by atoms with Crippen molar-refractivity contribution in [1.29, 1.82) is 0 Å². The van der Waals surface area contributed by atoms with E-state index in [0.717, 1.165) is 70.6 Å². The average Bonchev–Trinajstić information content (AvgIpc) is 3.02. The van der Waals surface area contributed by atoms with Crippen LogP contribution in [0.1, 0.15) is 97.3 Å². The van der Waals surface area contributed by atoms with E-state index in [1.54, 1.807) is 0 Å². The number of hydrogen-bond donors (Lipinski definition) is 1. The number of sulfonamides is 1. The molecule has 4 rings (SSSR count). The van der Waals surface area contributed by atoms with Crippen molar-refractivity contribution in [3.05, 3.63) is 0 Å². The van der Waals surface area contributed by atoms with Crippen LogP contribution in [-0.2, 0) is 10.0 Å². The van der Waals surface area contributed by atoms with Crippen LogP contribution in [0.25, 0.3) is 0 Å². The second kappa shape index (κ2) is 7.28. The summed E-state index contributed by atoms with van der Waals surface area (Å²) in [6.45, 7) is 5.13. The van der Waals surface area contributed by atoms with Crippen LogP contribution in [0.5, 0.6) is 0 Å². The SMILES string of the molecule is CC1(C)C2CCC1(CN(C1CCCCC1)S(=O)(=O)C1CCCCC1)C(O)C2. The zero-order valence-electron chi connectivity index (χ0n) is 17.3. The van der Waals surface area contributed by atoms with Crippen LogP contribution < -0.4 is 0 Å². The lowest BCUT2D eigenvalue weighted by Crippen LogP contribution is -2.55. The van der Waals surface area contributed by atoms with Crippen molar-refractivity contribution in [3.63, 3.8) is 0 Å². The Hall–Kier alpha value is -0.130. The first kappa shape index (κ1) is 20.2. The van der Waals surface area contributed by atoms with E-state index in [-0.39, 0.29) is 28.2 Å². The van der Waals surface area contributed by atoms with Crippen molar-refractivity contribution in [2.45, 2.75) is 115 Å². The molecule has 4 nitrogen and oxygen atoms in total. The van der Waals surface area contributed by atoms with Crippen LogP contribution in [0.4, 0.5) is 0 Å². The average molecular weight is 398 g/mol. The predicted octanol–water partition coefficient (Wildman–Crippen LogP) is 4.47. The fourth-order valence-corrected chi connectivity index (χ4v) is 9.39. The summed E-state index contributed by atoms with van der Waals surface area (Å²) in [7, 11) is -3.29. The smallest absolute Gasteiger partial charge is 0.217 e. The van der Waals surface area contributed by atoms with Gasteiger partial charge in [-0.1, -0.05) is 52.4 Å². The minimum absolute atomic E-state index is 0.0292. The maximum Gasteiger partial charge on any atom is 0.217 e. The van der Waals surface area contributed by atoms with E-state index in [0.29, 0.717) is 12.5 Å². The molecule has 1 N–H and O–H groups in total. The van der Waals surface area contributed by atoms with Gasteiger partial charge in [-0.3, -0.25) is 0 Å². The number of fused-ring (bicyclic) bond motifs is 2. The molecule has 0 spiro atoms. The Morgan fingerprint density at radius 3 is 2.04 bits per heavy atom. The minimum Gasteiger partial charge on any atom is -0.392 e. The monoisotopic (exact) mass is 397 g/mol. The molecule has 0 aromatic heterocycles. The summed E-state index contributed by atoms with van der Waals surface area (Å²) in [4.78, 5) is 0. The largest absolute Gasteiger partial charge is 0.392 e. The minimum atomic E-state index is -3.29. The molecular formula is C22H39NO3S. The van der Waals surface area contributed by atoms with Gasteiger partial charge in [0, 0.05) is 18.0 Å². The summed E-state index contributed by atoms with van der Waals surface area (Å²) in [5.74, 6) is 0.540. The normalized spacial score (nSPS) is 37.9. The van der Waals surface area contributed by atoms with Gasteiger partial charge < -0.3 is 5.11 Å². The molecule has 27 heavy (non-hydrogen) atoms. The molecule has 0 aliphatic heterocycles. The lowest BCUT2D eigenvalue weighted by Gasteiger charge is -2.47. The standard InChI is InChI=1S/C22H39NO3S/c1-21(2)17-13-14-22(21,20(24)15-17)16-23(18-9-5-3-6-10-18)27(25,26)19-11-7-4-8-12-19/h17-20,24H,3-16H2,1-2H3. The van der Waals surface area contributed by atoms with Gasteiger partial charge in [0.05, 0.1) is 11.4 Å². The summed E-state index contributed by atoms with van der Waals surface area (Å²) < 4.78 is 29.6. The Balaban J connectivity index is 1.66. The van der Waals surface area contributed by atoms with Gasteiger partial charge in [0.25, 0.3) is 0 Å². The highest BCUT2D eigenvalue weighted by Crippen LogP contribution is 2.66. The van der Waals surface area contributed by atoms with Crippen LogP contribution in [0, 0.1) is 16.7 Å². The summed E-state index contributed by atoms with van der Waals surface area (Å²) >= 11 is 0. The van der Waals surface area contributed by atoms with Gasteiger partial charge in [-0.2, -0.15) is 4.31 Å². The van der Waals surface area contributed by atoms with E-state index in [1.165, 1.54) is 12.8 Å². The lowest BCUT2D eigenvalue weighted by molar-refractivity contribution is -0.0230. The second-order valence-electron chi connectivity index (χ2n) is 10.5. The van der Waals surface area contributed by atoms with E-state index >= 15 is 0 Å². The van der Waals surface area contributed by atoms with E-state index < -0.39 is 10.0 Å². The van der Waals surface area contributed by atoms with Gasteiger partial charge in [-0.15, -0.1) is 0 Å². The van der Waals surface area contributed by atoms with Crippen molar-refractivity contribution in [2.75, 3.05) is 6.54 Å². The van der Waals surface area contributed by atoms with Crippen molar-refractivity contribution in [1.82, 2.24) is 4.31 Å². The highest BCUT2D eigenvalue weighted by atomic mass is 32.2. The second-order valence-corrected chi connectivity index (χ2v) is 12.7. The van der Waals surface area contributed by atoms with Gasteiger partial charge in [0.2, 0.25) is 10.0 Å². The van der Waals surface area contributed by atoms with Gasteiger partial charge in [0.1, 0.15) is 0 Å². The number of hydrogen-bond acceptors (Lipinski definition) is 3. The first-order chi connectivity index (χ1) is 12.8. The number of rotatable bonds is 5. The van der Waals surface area contributed by atoms with Gasteiger partial charge in [-0.25, -0.2) is 8.42 Å².